The number of aromatic nitrogens is 2. The van der Waals surface area contributed by atoms with Gasteiger partial charge in [0.25, 0.3) is 5.56 Å². The maximum atomic E-state index is 12.8. The average molecular weight is 428 g/mol. The first kappa shape index (κ1) is 19.5. The molecule has 0 amide bonds. The lowest BCUT2D eigenvalue weighted by Crippen LogP contribution is -2.25. The number of nitrogens with one attached hydrogen (secondary N) is 1. The summed E-state index contributed by atoms with van der Waals surface area (Å²) in [6, 6.07) is 26.1. The predicted octanol–water partition coefficient (Wildman–Crippen LogP) is 5.45. The molecule has 0 fully saturated rings. The molecular formula is C25H21N3O2S. The minimum absolute atomic E-state index is 0.101. The molecule has 0 unspecified atom stereocenters. The molecule has 0 saturated carbocycles. The third kappa shape index (κ3) is 4.50. The molecule has 5 nitrogen and oxygen atoms in total. The van der Waals surface area contributed by atoms with Crippen molar-refractivity contribution in [3.05, 3.63) is 113 Å². The van der Waals surface area contributed by atoms with Crippen LogP contribution >= 0.6 is 11.3 Å². The monoisotopic (exact) mass is 427 g/mol. The smallest absolute Gasteiger partial charge is 0.259 e. The zero-order valence-electron chi connectivity index (χ0n) is 16.8. The van der Waals surface area contributed by atoms with Gasteiger partial charge in [-0.3, -0.25) is 9.69 Å². The Labute approximate surface area is 183 Å². The van der Waals surface area contributed by atoms with Gasteiger partial charge in [0, 0.05) is 11.4 Å². The fourth-order valence-electron chi connectivity index (χ4n) is 3.64. The Bertz CT molecular complexity index is 1330. The minimum Gasteiger partial charge on any atom is -0.468 e. The molecule has 5 rings (SSSR count). The van der Waals surface area contributed by atoms with Crippen molar-refractivity contribution < 1.29 is 4.42 Å². The van der Waals surface area contributed by atoms with Crippen LogP contribution in [0.4, 0.5) is 0 Å². The summed E-state index contributed by atoms with van der Waals surface area (Å²) in [5.41, 5.74) is 2.19. The molecule has 0 spiro atoms. The molecular weight excluding hydrogens is 406 g/mol. The molecule has 31 heavy (non-hydrogen) atoms. The quantitative estimate of drug-likeness (QED) is 0.375. The minimum atomic E-state index is -0.101. The summed E-state index contributed by atoms with van der Waals surface area (Å²) < 4.78 is 5.55. The van der Waals surface area contributed by atoms with E-state index in [1.165, 1.54) is 5.56 Å². The number of benzene rings is 2. The van der Waals surface area contributed by atoms with Crippen LogP contribution in [0.25, 0.3) is 20.7 Å². The summed E-state index contributed by atoms with van der Waals surface area (Å²) in [6.07, 6.45) is 1.68. The third-order valence-electron chi connectivity index (χ3n) is 5.09. The normalized spacial score (nSPS) is 11.4. The van der Waals surface area contributed by atoms with Gasteiger partial charge in [0.1, 0.15) is 16.4 Å². The second-order valence-corrected chi connectivity index (χ2v) is 8.45. The molecule has 0 aliphatic heterocycles. The Balaban J connectivity index is 1.45. The third-order valence-corrected chi connectivity index (χ3v) is 6.17. The first-order valence-corrected chi connectivity index (χ1v) is 10.9. The molecule has 0 saturated heterocycles. The molecule has 0 atom stereocenters. The Morgan fingerprint density at radius 1 is 0.903 bits per heavy atom. The highest BCUT2D eigenvalue weighted by molar-refractivity contribution is 7.21. The van der Waals surface area contributed by atoms with Crippen molar-refractivity contribution in [2.24, 2.45) is 0 Å². The standard InChI is InChI=1S/C25H21N3O2S/c29-24-21-14-22(19-10-5-2-6-11-19)31-25(21)27-23(26-24)17-28(16-20-12-7-13-30-20)15-18-8-3-1-4-9-18/h1-14H,15-17H2,(H,26,27,29). The van der Waals surface area contributed by atoms with Crippen molar-refractivity contribution in [3.8, 4) is 10.4 Å². The van der Waals surface area contributed by atoms with Gasteiger partial charge in [-0.2, -0.15) is 0 Å². The van der Waals surface area contributed by atoms with E-state index in [0.717, 1.165) is 27.6 Å². The van der Waals surface area contributed by atoms with Gasteiger partial charge in [-0.05, 0) is 29.3 Å². The van der Waals surface area contributed by atoms with Gasteiger partial charge in [-0.15, -0.1) is 11.3 Å². The van der Waals surface area contributed by atoms with Gasteiger partial charge < -0.3 is 9.40 Å². The van der Waals surface area contributed by atoms with Crippen molar-refractivity contribution in [1.29, 1.82) is 0 Å². The van der Waals surface area contributed by atoms with Gasteiger partial charge in [0.05, 0.1) is 24.7 Å². The van der Waals surface area contributed by atoms with Crippen molar-refractivity contribution in [1.82, 2.24) is 14.9 Å². The second kappa shape index (κ2) is 8.71. The Morgan fingerprint density at radius 2 is 1.68 bits per heavy atom. The topological polar surface area (TPSA) is 62.1 Å². The predicted molar refractivity (Wildman–Crippen MR) is 124 cm³/mol. The lowest BCUT2D eigenvalue weighted by Gasteiger charge is -2.20. The lowest BCUT2D eigenvalue weighted by molar-refractivity contribution is 0.221. The van der Waals surface area contributed by atoms with E-state index in [0.29, 0.717) is 24.3 Å². The molecule has 3 heterocycles. The Hall–Kier alpha value is -3.48. The van der Waals surface area contributed by atoms with Crippen molar-refractivity contribution >= 4 is 21.6 Å². The van der Waals surface area contributed by atoms with Gasteiger partial charge in [0.2, 0.25) is 0 Å². The number of rotatable bonds is 7. The van der Waals surface area contributed by atoms with Crippen LogP contribution in [-0.4, -0.2) is 14.9 Å². The Morgan fingerprint density at radius 3 is 2.42 bits per heavy atom. The molecule has 2 aromatic carbocycles. The van der Waals surface area contributed by atoms with Crippen LogP contribution in [0.5, 0.6) is 0 Å². The van der Waals surface area contributed by atoms with E-state index in [1.807, 2.05) is 66.7 Å². The van der Waals surface area contributed by atoms with Crippen LogP contribution in [0, 0.1) is 0 Å². The number of nitrogens with zero attached hydrogens (tertiary/aromatic N) is 2. The number of aromatic amines is 1. The van der Waals surface area contributed by atoms with Crippen LogP contribution in [0.1, 0.15) is 17.1 Å². The van der Waals surface area contributed by atoms with E-state index in [1.54, 1.807) is 17.6 Å². The van der Waals surface area contributed by atoms with E-state index in [2.05, 4.69) is 22.0 Å². The number of fused-ring (bicyclic) bond motifs is 1. The van der Waals surface area contributed by atoms with Gasteiger partial charge in [-0.25, -0.2) is 4.98 Å². The van der Waals surface area contributed by atoms with Gasteiger partial charge >= 0.3 is 0 Å². The van der Waals surface area contributed by atoms with Crippen LogP contribution in [0.2, 0.25) is 0 Å². The number of hydrogen-bond acceptors (Lipinski definition) is 5. The van der Waals surface area contributed by atoms with Crippen LogP contribution < -0.4 is 5.56 Å². The highest BCUT2D eigenvalue weighted by atomic mass is 32.1. The summed E-state index contributed by atoms with van der Waals surface area (Å²) >= 11 is 1.55. The SMILES string of the molecule is O=c1[nH]c(CN(Cc2ccccc2)Cc2ccco2)nc2sc(-c3ccccc3)cc12. The largest absolute Gasteiger partial charge is 0.468 e. The fourth-order valence-corrected chi connectivity index (χ4v) is 4.70. The molecule has 0 radical (unpaired) electrons. The Kier molecular flexibility index (Phi) is 5.48. The molecule has 3 aromatic heterocycles. The molecule has 5 aromatic rings. The van der Waals surface area contributed by atoms with Crippen molar-refractivity contribution in [3.63, 3.8) is 0 Å². The van der Waals surface area contributed by atoms with E-state index in [-0.39, 0.29) is 5.56 Å². The van der Waals surface area contributed by atoms with Crippen molar-refractivity contribution in [2.75, 3.05) is 0 Å². The molecule has 6 heteroatoms. The van der Waals surface area contributed by atoms with Crippen LogP contribution in [0.3, 0.4) is 0 Å². The van der Waals surface area contributed by atoms with E-state index >= 15 is 0 Å². The number of hydrogen-bond donors (Lipinski definition) is 1. The van der Waals surface area contributed by atoms with Crippen LogP contribution in [0.15, 0.2) is 94.3 Å². The van der Waals surface area contributed by atoms with E-state index < -0.39 is 0 Å². The van der Waals surface area contributed by atoms with Crippen LogP contribution in [-0.2, 0) is 19.6 Å². The lowest BCUT2D eigenvalue weighted by atomic mass is 10.2. The molecule has 1 N–H and O–H groups in total. The number of furan rings is 1. The van der Waals surface area contributed by atoms with Gasteiger partial charge in [0.15, 0.2) is 0 Å². The summed E-state index contributed by atoms with van der Waals surface area (Å²) in [5.74, 6) is 1.53. The summed E-state index contributed by atoms with van der Waals surface area (Å²) in [4.78, 5) is 24.6. The zero-order valence-corrected chi connectivity index (χ0v) is 17.6. The van der Waals surface area contributed by atoms with E-state index in [9.17, 15) is 4.79 Å². The maximum Gasteiger partial charge on any atom is 0.259 e. The summed E-state index contributed by atoms with van der Waals surface area (Å²) in [7, 11) is 0. The molecule has 154 valence electrons. The molecule has 0 aliphatic carbocycles. The molecule has 0 aliphatic rings. The number of H-pyrrole nitrogens is 1. The fraction of sp³-hybridized carbons (Fsp3) is 0.120. The zero-order chi connectivity index (χ0) is 21.0. The molecule has 0 bridgehead atoms. The van der Waals surface area contributed by atoms with Gasteiger partial charge in [-0.1, -0.05) is 60.7 Å². The summed E-state index contributed by atoms with van der Waals surface area (Å²) in [6.45, 7) is 1.87. The summed E-state index contributed by atoms with van der Waals surface area (Å²) in [5, 5.41) is 0.633. The van der Waals surface area contributed by atoms with Crippen molar-refractivity contribution in [2.45, 2.75) is 19.6 Å². The highest BCUT2D eigenvalue weighted by Crippen LogP contribution is 2.30. The maximum absolute atomic E-state index is 12.8. The highest BCUT2D eigenvalue weighted by Gasteiger charge is 2.14. The second-order valence-electron chi connectivity index (χ2n) is 7.42. The average Bonchev–Trinajstić information content (AvgIpc) is 3.45. The first-order chi connectivity index (χ1) is 15.2. The first-order valence-electron chi connectivity index (χ1n) is 10.1. The number of thiophene rings is 1. The van der Waals surface area contributed by atoms with E-state index in [4.69, 9.17) is 9.40 Å².